The number of likely N-dealkylation sites (tertiary alicyclic amines) is 1. The molecule has 0 aromatic carbocycles. The van der Waals surface area contributed by atoms with Gasteiger partial charge >= 0.3 is 0 Å². The molecule has 1 fully saturated rings. The van der Waals surface area contributed by atoms with E-state index in [0.717, 1.165) is 37.9 Å². The quantitative estimate of drug-likeness (QED) is 0.804. The minimum atomic E-state index is -0.145. The number of piperidine rings is 1. The summed E-state index contributed by atoms with van der Waals surface area (Å²) in [5.74, 6) is 1.01. The summed E-state index contributed by atoms with van der Waals surface area (Å²) in [4.78, 5) is 18.8. The van der Waals surface area contributed by atoms with Crippen molar-refractivity contribution >= 4 is 5.91 Å². The molecule has 1 atom stereocenters. The molecule has 0 spiro atoms. The van der Waals surface area contributed by atoms with Crippen LogP contribution in [0.1, 0.15) is 38.7 Å². The van der Waals surface area contributed by atoms with Crippen LogP contribution in [-0.2, 0) is 11.3 Å². The smallest absolute Gasteiger partial charge is 0.239 e. The van der Waals surface area contributed by atoms with Crippen LogP contribution < -0.4 is 5.32 Å². The average Bonchev–Trinajstić information content (AvgIpc) is 2.58. The van der Waals surface area contributed by atoms with Crippen LogP contribution in [0, 0.1) is 11.8 Å². The Kier molecular flexibility index (Phi) is 6.99. The van der Waals surface area contributed by atoms with Gasteiger partial charge in [0.2, 0.25) is 5.91 Å². The van der Waals surface area contributed by atoms with Crippen molar-refractivity contribution in [2.24, 2.45) is 11.8 Å². The lowest BCUT2D eigenvalue weighted by Gasteiger charge is -2.34. The van der Waals surface area contributed by atoms with E-state index in [9.17, 15) is 9.90 Å². The number of amides is 1. The summed E-state index contributed by atoms with van der Waals surface area (Å²) in [5.41, 5.74) is 1.14. The third-order valence-electron chi connectivity index (χ3n) is 4.49. The zero-order valence-electron chi connectivity index (χ0n) is 14.2. The molecular formula is C18H29N3O2. The largest absolute Gasteiger partial charge is 0.396 e. The SMILES string of the molecule is CC(C)CC(NCc1ccncc1)C(=O)N1CCC(CO)CC1. The van der Waals surface area contributed by atoms with E-state index in [0.29, 0.717) is 18.4 Å². The molecule has 2 rings (SSSR count). The summed E-state index contributed by atoms with van der Waals surface area (Å²) >= 11 is 0. The normalized spacial score (nSPS) is 17.5. The molecule has 0 saturated carbocycles. The van der Waals surface area contributed by atoms with Crippen LogP contribution in [0.25, 0.3) is 0 Å². The number of aromatic nitrogens is 1. The van der Waals surface area contributed by atoms with Gasteiger partial charge in [-0.25, -0.2) is 0 Å². The second-order valence-electron chi connectivity index (χ2n) is 6.87. The second-order valence-corrected chi connectivity index (χ2v) is 6.87. The molecule has 5 nitrogen and oxygen atoms in total. The Hall–Kier alpha value is -1.46. The van der Waals surface area contributed by atoms with Gasteiger partial charge in [0.15, 0.2) is 0 Å². The molecule has 1 aromatic heterocycles. The molecule has 2 heterocycles. The maximum atomic E-state index is 12.8. The lowest BCUT2D eigenvalue weighted by Crippen LogP contribution is -2.49. The predicted molar refractivity (Wildman–Crippen MR) is 90.7 cm³/mol. The number of nitrogens with one attached hydrogen (secondary N) is 1. The van der Waals surface area contributed by atoms with E-state index in [2.05, 4.69) is 24.1 Å². The first-order valence-electron chi connectivity index (χ1n) is 8.62. The van der Waals surface area contributed by atoms with Crippen LogP contribution in [-0.4, -0.2) is 46.6 Å². The van der Waals surface area contributed by atoms with Crippen LogP contribution in [0.2, 0.25) is 0 Å². The van der Waals surface area contributed by atoms with E-state index in [-0.39, 0.29) is 18.6 Å². The van der Waals surface area contributed by atoms with Crippen molar-refractivity contribution in [3.05, 3.63) is 30.1 Å². The van der Waals surface area contributed by atoms with Gasteiger partial charge in [0.25, 0.3) is 0 Å². The lowest BCUT2D eigenvalue weighted by molar-refractivity contribution is -0.135. The Labute approximate surface area is 139 Å². The van der Waals surface area contributed by atoms with Crippen molar-refractivity contribution in [1.29, 1.82) is 0 Å². The van der Waals surface area contributed by atoms with E-state index in [1.807, 2.05) is 17.0 Å². The van der Waals surface area contributed by atoms with Gasteiger partial charge in [-0.3, -0.25) is 9.78 Å². The highest BCUT2D eigenvalue weighted by molar-refractivity contribution is 5.82. The Bertz CT molecular complexity index is 470. The number of aliphatic hydroxyl groups excluding tert-OH is 1. The molecule has 1 saturated heterocycles. The Morgan fingerprint density at radius 3 is 2.57 bits per heavy atom. The van der Waals surface area contributed by atoms with Crippen molar-refractivity contribution in [2.75, 3.05) is 19.7 Å². The fourth-order valence-electron chi connectivity index (χ4n) is 3.04. The molecular weight excluding hydrogens is 290 g/mol. The number of hydrogen-bond acceptors (Lipinski definition) is 4. The van der Waals surface area contributed by atoms with Crippen LogP contribution in [0.3, 0.4) is 0 Å². The Morgan fingerprint density at radius 1 is 1.35 bits per heavy atom. The van der Waals surface area contributed by atoms with Crippen molar-refractivity contribution in [3.63, 3.8) is 0 Å². The maximum Gasteiger partial charge on any atom is 0.239 e. The summed E-state index contributed by atoms with van der Waals surface area (Å²) in [6, 6.07) is 3.79. The monoisotopic (exact) mass is 319 g/mol. The number of pyridine rings is 1. The molecule has 128 valence electrons. The third-order valence-corrected chi connectivity index (χ3v) is 4.49. The number of aliphatic hydroxyl groups is 1. The standard InChI is InChI=1S/C18H29N3O2/c1-14(2)11-17(20-12-15-3-7-19-8-4-15)18(23)21-9-5-16(13-22)6-10-21/h3-4,7-8,14,16-17,20,22H,5-6,9-13H2,1-2H3. The van der Waals surface area contributed by atoms with Gasteiger partial charge in [0, 0.05) is 38.6 Å². The highest BCUT2D eigenvalue weighted by atomic mass is 16.3. The highest BCUT2D eigenvalue weighted by Crippen LogP contribution is 2.18. The minimum absolute atomic E-state index is 0.145. The Morgan fingerprint density at radius 2 is 2.00 bits per heavy atom. The summed E-state index contributed by atoms with van der Waals surface area (Å²) in [7, 11) is 0. The third kappa shape index (κ3) is 5.59. The first-order chi connectivity index (χ1) is 11.1. The molecule has 5 heteroatoms. The minimum Gasteiger partial charge on any atom is -0.396 e. The van der Waals surface area contributed by atoms with Crippen LogP contribution in [0.4, 0.5) is 0 Å². The van der Waals surface area contributed by atoms with Gasteiger partial charge in [-0.05, 0) is 48.8 Å². The van der Waals surface area contributed by atoms with Crippen molar-refractivity contribution in [1.82, 2.24) is 15.2 Å². The fraction of sp³-hybridized carbons (Fsp3) is 0.667. The molecule has 1 aromatic rings. The number of rotatable bonds is 7. The molecule has 1 aliphatic rings. The summed E-state index contributed by atoms with van der Waals surface area (Å²) in [5, 5.41) is 12.7. The van der Waals surface area contributed by atoms with Gasteiger partial charge in [-0.1, -0.05) is 13.8 Å². The molecule has 0 bridgehead atoms. The van der Waals surface area contributed by atoms with Crippen molar-refractivity contribution in [2.45, 2.75) is 45.7 Å². The van der Waals surface area contributed by atoms with Crippen LogP contribution >= 0.6 is 0 Å². The first-order valence-corrected chi connectivity index (χ1v) is 8.62. The van der Waals surface area contributed by atoms with E-state index < -0.39 is 0 Å². The average molecular weight is 319 g/mol. The number of carbonyl (C=O) groups is 1. The van der Waals surface area contributed by atoms with E-state index in [1.165, 1.54) is 0 Å². The van der Waals surface area contributed by atoms with E-state index in [1.54, 1.807) is 12.4 Å². The molecule has 2 N–H and O–H groups in total. The number of nitrogens with zero attached hydrogens (tertiary/aromatic N) is 2. The van der Waals surface area contributed by atoms with Gasteiger partial charge in [-0.15, -0.1) is 0 Å². The maximum absolute atomic E-state index is 12.8. The zero-order chi connectivity index (χ0) is 16.7. The van der Waals surface area contributed by atoms with Crippen molar-refractivity contribution in [3.8, 4) is 0 Å². The second kappa shape index (κ2) is 8.99. The summed E-state index contributed by atoms with van der Waals surface area (Å²) in [6.45, 7) is 6.72. The van der Waals surface area contributed by atoms with Crippen LogP contribution in [0.5, 0.6) is 0 Å². The predicted octanol–water partition coefficient (Wildman–Crippen LogP) is 1.82. The van der Waals surface area contributed by atoms with Crippen molar-refractivity contribution < 1.29 is 9.90 Å². The first kappa shape index (κ1) is 17.9. The lowest BCUT2D eigenvalue weighted by atomic mass is 9.96. The van der Waals surface area contributed by atoms with Crippen LogP contribution in [0.15, 0.2) is 24.5 Å². The number of hydrogen-bond donors (Lipinski definition) is 2. The van der Waals surface area contributed by atoms with E-state index >= 15 is 0 Å². The summed E-state index contributed by atoms with van der Waals surface area (Å²) < 4.78 is 0. The molecule has 1 unspecified atom stereocenters. The van der Waals surface area contributed by atoms with Gasteiger partial charge in [-0.2, -0.15) is 0 Å². The Balaban J connectivity index is 1.92. The van der Waals surface area contributed by atoms with Gasteiger partial charge < -0.3 is 15.3 Å². The van der Waals surface area contributed by atoms with E-state index in [4.69, 9.17) is 0 Å². The molecule has 0 aliphatic carbocycles. The topological polar surface area (TPSA) is 65.5 Å². The summed E-state index contributed by atoms with van der Waals surface area (Å²) in [6.07, 6.45) is 6.19. The highest BCUT2D eigenvalue weighted by Gasteiger charge is 2.28. The molecule has 23 heavy (non-hydrogen) atoms. The van der Waals surface area contributed by atoms with Gasteiger partial charge in [0.1, 0.15) is 0 Å². The molecule has 1 aliphatic heterocycles. The fourth-order valence-corrected chi connectivity index (χ4v) is 3.04. The molecule has 0 radical (unpaired) electrons. The van der Waals surface area contributed by atoms with Gasteiger partial charge in [0.05, 0.1) is 6.04 Å². The zero-order valence-corrected chi connectivity index (χ0v) is 14.2. The number of carbonyl (C=O) groups excluding carboxylic acids is 1. The molecule has 1 amide bonds.